The van der Waals surface area contributed by atoms with E-state index in [0.717, 1.165) is 16.7 Å². The molecule has 254 valence electrons. The summed E-state index contributed by atoms with van der Waals surface area (Å²) in [5.41, 5.74) is 2.95. The second-order valence-electron chi connectivity index (χ2n) is 12.3. The number of hydrogen-bond acceptors (Lipinski definition) is 13. The number of carbonyl (C=O) groups excluding carboxylic acids is 1. The van der Waals surface area contributed by atoms with E-state index in [-0.39, 0.29) is 20.0 Å². The van der Waals surface area contributed by atoms with Crippen molar-refractivity contribution in [3.8, 4) is 28.7 Å². The molecule has 3 aromatic carbocycles. The van der Waals surface area contributed by atoms with Gasteiger partial charge in [-0.3, -0.25) is 4.79 Å². The molecular formula is C35H36O13. The van der Waals surface area contributed by atoms with Crippen LogP contribution in [0.25, 0.3) is 0 Å². The maximum atomic E-state index is 13.6. The van der Waals surface area contributed by atoms with Crippen LogP contribution >= 0.6 is 0 Å². The summed E-state index contributed by atoms with van der Waals surface area (Å²) in [4.78, 5) is 13.6. The van der Waals surface area contributed by atoms with Crippen molar-refractivity contribution in [2.75, 3.05) is 41.3 Å². The molecule has 3 saturated heterocycles. The Morgan fingerprint density at radius 1 is 0.771 bits per heavy atom. The van der Waals surface area contributed by atoms with Crippen LogP contribution < -0.4 is 23.7 Å². The third-order valence-electron chi connectivity index (χ3n) is 9.85. The molecule has 0 amide bonds. The van der Waals surface area contributed by atoms with Gasteiger partial charge in [0.05, 0.1) is 46.6 Å². The van der Waals surface area contributed by atoms with Gasteiger partial charge in [-0.2, -0.15) is 0 Å². The van der Waals surface area contributed by atoms with E-state index in [1.165, 1.54) is 21.3 Å². The molecule has 48 heavy (non-hydrogen) atoms. The highest BCUT2D eigenvalue weighted by Crippen LogP contribution is 2.57. The van der Waals surface area contributed by atoms with Crippen LogP contribution in [-0.4, -0.2) is 88.2 Å². The van der Waals surface area contributed by atoms with E-state index in [4.69, 9.17) is 47.4 Å². The summed E-state index contributed by atoms with van der Waals surface area (Å²) in [6.45, 7) is 0.202. The predicted molar refractivity (Wildman–Crippen MR) is 163 cm³/mol. The Morgan fingerprint density at radius 3 is 2.17 bits per heavy atom. The lowest BCUT2D eigenvalue weighted by atomic mass is 9.66. The van der Waals surface area contributed by atoms with Gasteiger partial charge in [0.15, 0.2) is 35.6 Å². The number of hydrogen-bond donors (Lipinski definition) is 2. The zero-order valence-electron chi connectivity index (χ0n) is 26.5. The van der Waals surface area contributed by atoms with Crippen LogP contribution in [0.15, 0.2) is 54.6 Å². The van der Waals surface area contributed by atoms with E-state index in [1.807, 2.05) is 54.6 Å². The summed E-state index contributed by atoms with van der Waals surface area (Å²) in [5.74, 6) is 0.203. The quantitative estimate of drug-likeness (QED) is 0.357. The molecule has 0 unspecified atom stereocenters. The normalized spacial score (nSPS) is 33.2. The van der Waals surface area contributed by atoms with Crippen molar-refractivity contribution in [1.82, 2.24) is 0 Å². The van der Waals surface area contributed by atoms with Crippen LogP contribution in [0.3, 0.4) is 0 Å². The van der Waals surface area contributed by atoms with Gasteiger partial charge in [-0.1, -0.05) is 30.3 Å². The summed E-state index contributed by atoms with van der Waals surface area (Å²) in [7, 11) is 4.59. The molecule has 5 aliphatic rings. The highest BCUT2D eigenvalue weighted by molar-refractivity contribution is 5.79. The third kappa shape index (κ3) is 5.04. The van der Waals surface area contributed by atoms with E-state index in [1.54, 1.807) is 0 Å². The summed E-state index contributed by atoms with van der Waals surface area (Å²) < 4.78 is 58.9. The van der Waals surface area contributed by atoms with Crippen molar-refractivity contribution >= 4 is 5.97 Å². The Morgan fingerprint density at radius 2 is 1.48 bits per heavy atom. The molecule has 4 heterocycles. The zero-order chi connectivity index (χ0) is 33.1. The average Bonchev–Trinajstić information content (AvgIpc) is 3.75. The molecule has 0 radical (unpaired) electrons. The largest absolute Gasteiger partial charge is 0.493 e. The Kier molecular flexibility index (Phi) is 8.06. The summed E-state index contributed by atoms with van der Waals surface area (Å²) in [6, 6.07) is 16.7. The number of carbonyl (C=O) groups is 1. The SMILES string of the molecule is COc1cc([C@@H]2c3cc4c(cc3[C@H](O[C@@H]3O[C@@H]5CO[C@@H](c6ccccc6)O[C@H]5[C@H](O)[C@H]3O)[C@H]3COC(=O)[C@H]23)OCO4)cc(OC)c1OC. The molecule has 8 rings (SSSR count). The predicted octanol–water partition coefficient (Wildman–Crippen LogP) is 2.99. The number of cyclic esters (lactones) is 1. The Balaban J connectivity index is 1.15. The van der Waals surface area contributed by atoms with Crippen LogP contribution in [0, 0.1) is 11.8 Å². The molecule has 3 aromatic rings. The molecule has 10 atom stereocenters. The van der Waals surface area contributed by atoms with Crippen LogP contribution in [-0.2, 0) is 28.5 Å². The van der Waals surface area contributed by atoms with Gasteiger partial charge in [0.25, 0.3) is 0 Å². The van der Waals surface area contributed by atoms with Gasteiger partial charge in [0.1, 0.15) is 24.4 Å². The number of esters is 1. The van der Waals surface area contributed by atoms with Gasteiger partial charge in [-0.15, -0.1) is 0 Å². The van der Waals surface area contributed by atoms with E-state index in [0.29, 0.717) is 34.3 Å². The van der Waals surface area contributed by atoms with Crippen molar-refractivity contribution in [2.45, 2.75) is 49.0 Å². The monoisotopic (exact) mass is 664 g/mol. The lowest BCUT2D eigenvalue weighted by Crippen LogP contribution is -2.62. The van der Waals surface area contributed by atoms with Gasteiger partial charge in [0, 0.05) is 17.4 Å². The van der Waals surface area contributed by atoms with Crippen LogP contribution in [0.5, 0.6) is 28.7 Å². The van der Waals surface area contributed by atoms with E-state index >= 15 is 0 Å². The van der Waals surface area contributed by atoms with Crippen molar-refractivity contribution in [3.63, 3.8) is 0 Å². The Bertz CT molecular complexity index is 1650. The van der Waals surface area contributed by atoms with Crippen molar-refractivity contribution in [3.05, 3.63) is 76.9 Å². The van der Waals surface area contributed by atoms with Crippen molar-refractivity contribution in [1.29, 1.82) is 0 Å². The van der Waals surface area contributed by atoms with Gasteiger partial charge >= 0.3 is 5.97 Å². The number of aliphatic hydroxyl groups excluding tert-OH is 2. The van der Waals surface area contributed by atoms with Crippen molar-refractivity contribution < 1.29 is 62.4 Å². The molecule has 2 N–H and O–H groups in total. The van der Waals surface area contributed by atoms with Gasteiger partial charge < -0.3 is 57.6 Å². The molecule has 0 bridgehead atoms. The minimum Gasteiger partial charge on any atom is -0.493 e. The maximum Gasteiger partial charge on any atom is 0.310 e. The fourth-order valence-electron chi connectivity index (χ4n) is 7.58. The first-order valence-electron chi connectivity index (χ1n) is 15.8. The number of benzene rings is 3. The third-order valence-corrected chi connectivity index (χ3v) is 9.85. The molecular weight excluding hydrogens is 628 g/mol. The molecule has 3 fully saturated rings. The number of methoxy groups -OCH3 is 3. The molecule has 13 heteroatoms. The van der Waals surface area contributed by atoms with Gasteiger partial charge in [0.2, 0.25) is 12.5 Å². The highest BCUT2D eigenvalue weighted by atomic mass is 16.8. The van der Waals surface area contributed by atoms with Crippen LogP contribution in [0.1, 0.15) is 40.6 Å². The number of fused-ring (bicyclic) bond motifs is 4. The second-order valence-corrected chi connectivity index (χ2v) is 12.3. The molecule has 4 aliphatic heterocycles. The summed E-state index contributed by atoms with van der Waals surface area (Å²) >= 11 is 0. The molecule has 0 aromatic heterocycles. The lowest BCUT2D eigenvalue weighted by molar-refractivity contribution is -0.369. The second kappa shape index (κ2) is 12.4. The minimum atomic E-state index is -1.47. The summed E-state index contributed by atoms with van der Waals surface area (Å²) in [6.07, 6.45) is -7.19. The first kappa shape index (κ1) is 31.2. The average molecular weight is 665 g/mol. The molecule has 0 spiro atoms. The van der Waals surface area contributed by atoms with E-state index in [9.17, 15) is 15.0 Å². The topological polar surface area (TPSA) is 150 Å². The molecule has 0 saturated carbocycles. The number of rotatable bonds is 7. The smallest absolute Gasteiger partial charge is 0.310 e. The fraction of sp³-hybridized carbons (Fsp3) is 0.457. The maximum absolute atomic E-state index is 13.6. The standard InChI is InChI=1S/C35H36O13/c1-39-23-9-17(10-24(40-2)31(23)41-3)26-18-11-21-22(45-15-44-21)12-19(18)30(20-13-42-33(38)27(20)26)47-35-29(37)28(36)32-25(46-35)14-43-34(48-32)16-7-5-4-6-8-16/h4-12,20,25-30,32,34-37H,13-15H2,1-3H3/t20-,25+,26+,27-,28+,29+,30-,32+,34+,35-/m0/s1. The molecule has 1 aliphatic carbocycles. The first-order valence-corrected chi connectivity index (χ1v) is 15.8. The zero-order valence-corrected chi connectivity index (χ0v) is 26.5. The highest BCUT2D eigenvalue weighted by Gasteiger charge is 2.56. The summed E-state index contributed by atoms with van der Waals surface area (Å²) in [5, 5.41) is 22.6. The van der Waals surface area contributed by atoms with E-state index in [2.05, 4.69) is 0 Å². The van der Waals surface area contributed by atoms with Crippen molar-refractivity contribution in [2.24, 2.45) is 11.8 Å². The van der Waals surface area contributed by atoms with Gasteiger partial charge in [-0.05, 0) is 41.0 Å². The Hall–Kier alpha value is -4.11. The first-order chi connectivity index (χ1) is 23.4. The fourth-order valence-corrected chi connectivity index (χ4v) is 7.58. The van der Waals surface area contributed by atoms with E-state index < -0.39 is 66.8 Å². The minimum absolute atomic E-state index is 0.0389. The van der Waals surface area contributed by atoms with Gasteiger partial charge in [-0.25, -0.2) is 0 Å². The number of aliphatic hydroxyl groups is 2. The Labute approximate surface area is 276 Å². The van der Waals surface area contributed by atoms with Crippen LogP contribution in [0.2, 0.25) is 0 Å². The molecule has 13 nitrogen and oxygen atoms in total. The number of ether oxygens (including phenoxy) is 10. The van der Waals surface area contributed by atoms with Crippen LogP contribution in [0.4, 0.5) is 0 Å². The lowest BCUT2D eigenvalue weighted by Gasteiger charge is -2.48.